The van der Waals surface area contributed by atoms with Crippen molar-refractivity contribution in [1.82, 2.24) is 10.2 Å². The van der Waals surface area contributed by atoms with Gasteiger partial charge in [-0.05, 0) is 24.9 Å². The lowest BCUT2D eigenvalue weighted by molar-refractivity contribution is 0.209. The van der Waals surface area contributed by atoms with Crippen LogP contribution in [0.2, 0.25) is 0 Å². The Morgan fingerprint density at radius 3 is 2.94 bits per heavy atom. The summed E-state index contributed by atoms with van der Waals surface area (Å²) < 4.78 is 0. The van der Waals surface area contributed by atoms with E-state index >= 15 is 0 Å². The number of nitrogens with one attached hydrogen (secondary N) is 1. The number of likely N-dealkylation sites (tertiary alicyclic amines) is 1. The van der Waals surface area contributed by atoms with E-state index in [-0.39, 0.29) is 0 Å². The molecule has 0 amide bonds. The first kappa shape index (κ1) is 12.1. The van der Waals surface area contributed by atoms with Crippen LogP contribution in [-0.4, -0.2) is 30.6 Å². The second kappa shape index (κ2) is 6.39. The van der Waals surface area contributed by atoms with E-state index in [4.69, 9.17) is 5.26 Å². The summed E-state index contributed by atoms with van der Waals surface area (Å²) in [6, 6.07) is 13.2. The van der Waals surface area contributed by atoms with Gasteiger partial charge in [0.05, 0.1) is 12.6 Å². The lowest BCUT2D eigenvalue weighted by Crippen LogP contribution is -2.45. The second-order valence-electron chi connectivity index (χ2n) is 4.60. The quantitative estimate of drug-likeness (QED) is 0.800. The van der Waals surface area contributed by atoms with Gasteiger partial charge in [0.25, 0.3) is 0 Å². The maximum Gasteiger partial charge on any atom is 0.0866 e. The van der Waals surface area contributed by atoms with Gasteiger partial charge in [0.15, 0.2) is 0 Å². The van der Waals surface area contributed by atoms with E-state index in [9.17, 15) is 0 Å². The summed E-state index contributed by atoms with van der Waals surface area (Å²) in [6.45, 7) is 3.55. The summed E-state index contributed by atoms with van der Waals surface area (Å²) in [5.41, 5.74) is 1.32. The fourth-order valence-corrected chi connectivity index (χ4v) is 2.32. The molecule has 1 heterocycles. The number of piperidine rings is 1. The molecule has 1 N–H and O–H groups in total. The zero-order valence-electron chi connectivity index (χ0n) is 10.1. The van der Waals surface area contributed by atoms with Crippen LogP contribution in [0.15, 0.2) is 30.3 Å². The Balaban J connectivity index is 1.78. The Morgan fingerprint density at radius 2 is 2.18 bits per heavy atom. The van der Waals surface area contributed by atoms with E-state index in [1.807, 2.05) is 6.07 Å². The zero-order chi connectivity index (χ0) is 11.9. The molecule has 1 saturated heterocycles. The van der Waals surface area contributed by atoms with E-state index in [0.29, 0.717) is 12.6 Å². The van der Waals surface area contributed by atoms with Gasteiger partial charge in [0.1, 0.15) is 0 Å². The molecule has 0 bridgehead atoms. The van der Waals surface area contributed by atoms with Crippen LogP contribution in [0.1, 0.15) is 18.4 Å². The minimum atomic E-state index is 0.525. The monoisotopic (exact) mass is 229 g/mol. The lowest BCUT2D eigenvalue weighted by atomic mass is 10.1. The van der Waals surface area contributed by atoms with Crippen molar-refractivity contribution in [3.63, 3.8) is 0 Å². The predicted octanol–water partition coefficient (Wildman–Crippen LogP) is 1.76. The van der Waals surface area contributed by atoms with Crippen LogP contribution in [0.25, 0.3) is 0 Å². The van der Waals surface area contributed by atoms with Crippen LogP contribution < -0.4 is 5.32 Å². The molecule has 90 valence electrons. The first-order valence-electron chi connectivity index (χ1n) is 6.25. The number of nitriles is 1. The molecule has 1 atom stereocenters. The molecule has 1 aliphatic rings. The van der Waals surface area contributed by atoms with Gasteiger partial charge in [-0.3, -0.25) is 4.90 Å². The van der Waals surface area contributed by atoms with Crippen LogP contribution >= 0.6 is 0 Å². The third kappa shape index (κ3) is 3.85. The summed E-state index contributed by atoms with van der Waals surface area (Å²) >= 11 is 0. The molecule has 1 aromatic rings. The molecule has 0 aromatic heterocycles. The molecule has 0 spiro atoms. The van der Waals surface area contributed by atoms with Crippen molar-refractivity contribution in [3.8, 4) is 6.07 Å². The van der Waals surface area contributed by atoms with Gasteiger partial charge >= 0.3 is 0 Å². The Bertz CT molecular complexity index is 369. The number of nitrogens with zero attached hydrogens (tertiary/aromatic N) is 2. The summed E-state index contributed by atoms with van der Waals surface area (Å²) in [5.74, 6) is 0. The van der Waals surface area contributed by atoms with Crippen LogP contribution in [0.4, 0.5) is 0 Å². The Kier molecular flexibility index (Phi) is 4.54. The Hall–Kier alpha value is -1.37. The third-order valence-electron chi connectivity index (χ3n) is 3.24. The van der Waals surface area contributed by atoms with Gasteiger partial charge in [-0.2, -0.15) is 5.26 Å². The second-order valence-corrected chi connectivity index (χ2v) is 4.60. The maximum absolute atomic E-state index is 8.70. The van der Waals surface area contributed by atoms with E-state index in [1.165, 1.54) is 18.4 Å². The van der Waals surface area contributed by atoms with Gasteiger partial charge in [-0.15, -0.1) is 0 Å². The predicted molar refractivity (Wildman–Crippen MR) is 68.4 cm³/mol. The molecule has 3 nitrogen and oxygen atoms in total. The standard InChI is InChI=1S/C14H19N3/c15-8-10-17-9-4-7-14(12-17)16-11-13-5-2-1-3-6-13/h1-3,5-6,14,16H,4,7,9-12H2. The molecule has 0 saturated carbocycles. The number of benzene rings is 1. The molecular weight excluding hydrogens is 210 g/mol. The Labute approximate surface area is 103 Å². The van der Waals surface area contributed by atoms with Crippen LogP contribution in [-0.2, 0) is 6.54 Å². The van der Waals surface area contributed by atoms with Gasteiger partial charge in [0, 0.05) is 19.1 Å². The molecule has 1 fully saturated rings. The van der Waals surface area contributed by atoms with Gasteiger partial charge in [-0.25, -0.2) is 0 Å². The van der Waals surface area contributed by atoms with Gasteiger partial charge < -0.3 is 5.32 Å². The fraction of sp³-hybridized carbons (Fsp3) is 0.500. The highest BCUT2D eigenvalue weighted by Gasteiger charge is 2.18. The molecule has 3 heteroatoms. The maximum atomic E-state index is 8.70. The third-order valence-corrected chi connectivity index (χ3v) is 3.24. The van der Waals surface area contributed by atoms with Crippen molar-refractivity contribution in [3.05, 3.63) is 35.9 Å². The summed E-state index contributed by atoms with van der Waals surface area (Å²) in [4.78, 5) is 2.23. The average molecular weight is 229 g/mol. The van der Waals surface area contributed by atoms with E-state index in [2.05, 4.69) is 40.6 Å². The summed E-state index contributed by atoms with van der Waals surface area (Å²) in [5, 5.41) is 12.3. The summed E-state index contributed by atoms with van der Waals surface area (Å²) in [7, 11) is 0. The first-order valence-corrected chi connectivity index (χ1v) is 6.25. The van der Waals surface area contributed by atoms with Crippen molar-refractivity contribution in [1.29, 1.82) is 5.26 Å². The molecule has 1 aromatic carbocycles. The van der Waals surface area contributed by atoms with Gasteiger partial charge in [0.2, 0.25) is 0 Å². The average Bonchev–Trinajstić information content (AvgIpc) is 2.39. The van der Waals surface area contributed by atoms with Crippen LogP contribution in [0.3, 0.4) is 0 Å². The number of hydrogen-bond acceptors (Lipinski definition) is 3. The Morgan fingerprint density at radius 1 is 1.35 bits per heavy atom. The normalized spacial score (nSPS) is 21.0. The molecule has 0 aliphatic carbocycles. The molecule has 0 radical (unpaired) electrons. The van der Waals surface area contributed by atoms with E-state index in [0.717, 1.165) is 19.6 Å². The lowest BCUT2D eigenvalue weighted by Gasteiger charge is -2.31. The van der Waals surface area contributed by atoms with Crippen molar-refractivity contribution < 1.29 is 0 Å². The molecular formula is C14H19N3. The first-order chi connectivity index (χ1) is 8.38. The van der Waals surface area contributed by atoms with Crippen LogP contribution in [0, 0.1) is 11.3 Å². The number of hydrogen-bond donors (Lipinski definition) is 1. The van der Waals surface area contributed by atoms with Crippen molar-refractivity contribution in [2.75, 3.05) is 19.6 Å². The smallest absolute Gasteiger partial charge is 0.0866 e. The largest absolute Gasteiger partial charge is 0.309 e. The van der Waals surface area contributed by atoms with Crippen molar-refractivity contribution in [2.24, 2.45) is 0 Å². The van der Waals surface area contributed by atoms with Gasteiger partial charge in [-0.1, -0.05) is 30.3 Å². The minimum absolute atomic E-state index is 0.525. The van der Waals surface area contributed by atoms with Crippen LogP contribution in [0.5, 0.6) is 0 Å². The SMILES string of the molecule is N#CCN1CCCC(NCc2ccccc2)C1. The number of rotatable bonds is 4. The zero-order valence-corrected chi connectivity index (χ0v) is 10.1. The highest BCUT2D eigenvalue weighted by atomic mass is 15.2. The molecule has 2 rings (SSSR count). The topological polar surface area (TPSA) is 39.1 Å². The van der Waals surface area contributed by atoms with Crippen molar-refractivity contribution in [2.45, 2.75) is 25.4 Å². The van der Waals surface area contributed by atoms with Crippen molar-refractivity contribution >= 4 is 0 Å². The van der Waals surface area contributed by atoms with E-state index < -0.39 is 0 Å². The highest BCUT2D eigenvalue weighted by molar-refractivity contribution is 5.14. The molecule has 17 heavy (non-hydrogen) atoms. The fourth-order valence-electron chi connectivity index (χ4n) is 2.32. The molecule has 1 unspecified atom stereocenters. The minimum Gasteiger partial charge on any atom is -0.309 e. The molecule has 1 aliphatic heterocycles. The highest BCUT2D eigenvalue weighted by Crippen LogP contribution is 2.10. The van der Waals surface area contributed by atoms with E-state index in [1.54, 1.807) is 0 Å². The summed E-state index contributed by atoms with van der Waals surface area (Å²) in [6.07, 6.45) is 2.41.